The number of halogens is 2. The number of nitrogens with zero attached hydrogens (tertiary/aromatic N) is 1. The highest BCUT2D eigenvalue weighted by molar-refractivity contribution is 7.89. The molecular weight excluding hydrogens is 319 g/mol. The third-order valence-electron chi connectivity index (χ3n) is 3.49. The van der Waals surface area contributed by atoms with Crippen molar-refractivity contribution in [3.63, 3.8) is 0 Å². The predicted molar refractivity (Wildman–Crippen MR) is 83.6 cm³/mol. The first-order chi connectivity index (χ1) is 9.12. The quantitative estimate of drug-likeness (QED) is 0.896. The smallest absolute Gasteiger partial charge is 0.244 e. The Morgan fingerprint density at radius 1 is 1.25 bits per heavy atom. The summed E-state index contributed by atoms with van der Waals surface area (Å²) in [5.74, 6) is 0.182. The van der Waals surface area contributed by atoms with E-state index in [1.807, 2.05) is 20.8 Å². The molecule has 1 unspecified atom stereocenters. The predicted octanol–water partition coefficient (Wildman–Crippen LogP) is 3.12. The molecule has 0 amide bonds. The summed E-state index contributed by atoms with van der Waals surface area (Å²) < 4.78 is 26.6. The van der Waals surface area contributed by atoms with E-state index >= 15 is 0 Å². The molecule has 1 aromatic rings. The van der Waals surface area contributed by atoms with Gasteiger partial charge in [-0.2, -0.15) is 4.31 Å². The van der Waals surface area contributed by atoms with Crippen molar-refractivity contribution >= 4 is 33.2 Å². The molecule has 1 aromatic carbocycles. The molecule has 0 aliphatic carbocycles. The number of sulfonamides is 1. The summed E-state index contributed by atoms with van der Waals surface area (Å²) in [6.45, 7) is 5.90. The van der Waals surface area contributed by atoms with Gasteiger partial charge in [0.25, 0.3) is 0 Å². The summed E-state index contributed by atoms with van der Waals surface area (Å²) >= 11 is 12.1. The molecule has 4 nitrogen and oxygen atoms in total. The Hall–Kier alpha value is -0.330. The lowest BCUT2D eigenvalue weighted by atomic mass is 10.1. The standard InChI is InChI=1S/C13H20Cl2N2O2S/c1-8(2)9(3)17(4)20(18,19)12-6-11(14)5-10(7-16)13(12)15/h5-6,8-9H,7,16H2,1-4H3. The summed E-state index contributed by atoms with van der Waals surface area (Å²) in [5, 5.41) is 0.443. The minimum Gasteiger partial charge on any atom is -0.326 e. The second-order valence-electron chi connectivity index (χ2n) is 5.09. The van der Waals surface area contributed by atoms with Crippen LogP contribution < -0.4 is 5.73 Å². The van der Waals surface area contributed by atoms with E-state index in [0.29, 0.717) is 10.6 Å². The minimum atomic E-state index is -3.71. The number of benzene rings is 1. The highest BCUT2D eigenvalue weighted by atomic mass is 35.5. The zero-order chi connectivity index (χ0) is 15.7. The van der Waals surface area contributed by atoms with Gasteiger partial charge in [-0.3, -0.25) is 0 Å². The van der Waals surface area contributed by atoms with E-state index in [1.54, 1.807) is 13.1 Å². The molecule has 7 heteroatoms. The van der Waals surface area contributed by atoms with Crippen LogP contribution in [0.15, 0.2) is 17.0 Å². The van der Waals surface area contributed by atoms with Gasteiger partial charge in [-0.25, -0.2) is 8.42 Å². The van der Waals surface area contributed by atoms with Gasteiger partial charge in [0.15, 0.2) is 0 Å². The molecule has 0 saturated carbocycles. The molecule has 0 fully saturated rings. The maximum absolute atomic E-state index is 12.7. The first-order valence-corrected chi connectivity index (χ1v) is 8.48. The molecule has 0 aliphatic heterocycles. The van der Waals surface area contributed by atoms with Crippen molar-refractivity contribution in [2.24, 2.45) is 11.7 Å². The topological polar surface area (TPSA) is 63.4 Å². The molecule has 114 valence electrons. The number of rotatable bonds is 5. The van der Waals surface area contributed by atoms with E-state index in [1.165, 1.54) is 10.4 Å². The maximum atomic E-state index is 12.7. The lowest BCUT2D eigenvalue weighted by molar-refractivity contribution is 0.316. The van der Waals surface area contributed by atoms with Crippen molar-refractivity contribution in [3.8, 4) is 0 Å². The van der Waals surface area contributed by atoms with Gasteiger partial charge in [-0.1, -0.05) is 37.0 Å². The first-order valence-electron chi connectivity index (χ1n) is 6.29. The number of nitrogens with two attached hydrogens (primary N) is 1. The Balaban J connectivity index is 3.39. The summed E-state index contributed by atoms with van der Waals surface area (Å²) in [5.41, 5.74) is 6.08. The average Bonchev–Trinajstić information content (AvgIpc) is 2.38. The third kappa shape index (κ3) is 3.46. The molecule has 1 rings (SSSR count). The number of hydrogen-bond acceptors (Lipinski definition) is 3. The third-order valence-corrected chi connectivity index (χ3v) is 6.24. The Labute approximate surface area is 130 Å². The molecule has 0 saturated heterocycles. The average molecular weight is 339 g/mol. The van der Waals surface area contributed by atoms with Crippen LogP contribution in [-0.4, -0.2) is 25.8 Å². The van der Waals surface area contributed by atoms with Gasteiger partial charge >= 0.3 is 0 Å². The molecule has 0 spiro atoms. The summed E-state index contributed by atoms with van der Waals surface area (Å²) in [7, 11) is -2.17. The van der Waals surface area contributed by atoms with Crippen LogP contribution in [0.3, 0.4) is 0 Å². The maximum Gasteiger partial charge on any atom is 0.244 e. The normalized spacial score (nSPS) is 14.1. The van der Waals surface area contributed by atoms with Crippen LogP contribution in [0, 0.1) is 5.92 Å². The fourth-order valence-electron chi connectivity index (χ4n) is 1.75. The Kier molecular flexibility index (Phi) is 5.87. The van der Waals surface area contributed by atoms with Gasteiger partial charge < -0.3 is 5.73 Å². The monoisotopic (exact) mass is 338 g/mol. The van der Waals surface area contributed by atoms with Gasteiger partial charge in [0.2, 0.25) is 10.0 Å². The summed E-state index contributed by atoms with van der Waals surface area (Å²) in [6.07, 6.45) is 0. The van der Waals surface area contributed by atoms with Crippen molar-refractivity contribution in [1.82, 2.24) is 4.31 Å². The lowest BCUT2D eigenvalue weighted by Crippen LogP contribution is -2.38. The zero-order valence-corrected chi connectivity index (χ0v) is 14.4. The van der Waals surface area contributed by atoms with E-state index in [9.17, 15) is 8.42 Å². The van der Waals surface area contributed by atoms with Crippen LogP contribution in [0.1, 0.15) is 26.3 Å². The van der Waals surface area contributed by atoms with Crippen LogP contribution in [0.5, 0.6) is 0 Å². The van der Waals surface area contributed by atoms with Crippen LogP contribution in [-0.2, 0) is 16.6 Å². The second kappa shape index (κ2) is 6.62. The zero-order valence-electron chi connectivity index (χ0n) is 12.0. The first kappa shape index (κ1) is 17.7. The molecular formula is C13H20Cl2N2O2S. The fraction of sp³-hybridized carbons (Fsp3) is 0.538. The van der Waals surface area contributed by atoms with Gasteiger partial charge in [0.05, 0.1) is 5.02 Å². The molecule has 2 N–H and O–H groups in total. The minimum absolute atomic E-state index is 0.00196. The van der Waals surface area contributed by atoms with E-state index in [2.05, 4.69) is 0 Å². The van der Waals surface area contributed by atoms with Crippen molar-refractivity contribution in [1.29, 1.82) is 0 Å². The molecule has 0 aromatic heterocycles. The van der Waals surface area contributed by atoms with Crippen LogP contribution in [0.2, 0.25) is 10.0 Å². The molecule has 0 heterocycles. The molecule has 1 atom stereocenters. The highest BCUT2D eigenvalue weighted by Gasteiger charge is 2.30. The van der Waals surface area contributed by atoms with E-state index in [0.717, 1.165) is 0 Å². The highest BCUT2D eigenvalue weighted by Crippen LogP contribution is 2.32. The van der Waals surface area contributed by atoms with E-state index < -0.39 is 10.0 Å². The van der Waals surface area contributed by atoms with Crippen LogP contribution >= 0.6 is 23.2 Å². The van der Waals surface area contributed by atoms with Crippen LogP contribution in [0.25, 0.3) is 0 Å². The van der Waals surface area contributed by atoms with Gasteiger partial charge in [-0.05, 0) is 30.5 Å². The summed E-state index contributed by atoms with van der Waals surface area (Å²) in [4.78, 5) is 0.00196. The molecule has 0 radical (unpaired) electrons. The largest absolute Gasteiger partial charge is 0.326 e. The van der Waals surface area contributed by atoms with E-state index in [-0.39, 0.29) is 28.4 Å². The Morgan fingerprint density at radius 3 is 2.25 bits per heavy atom. The fourth-order valence-corrected chi connectivity index (χ4v) is 4.16. The molecule has 0 bridgehead atoms. The van der Waals surface area contributed by atoms with Crippen molar-refractivity contribution < 1.29 is 8.42 Å². The molecule has 20 heavy (non-hydrogen) atoms. The Morgan fingerprint density at radius 2 is 1.80 bits per heavy atom. The molecule has 0 aliphatic rings. The van der Waals surface area contributed by atoms with Crippen molar-refractivity contribution in [2.75, 3.05) is 7.05 Å². The lowest BCUT2D eigenvalue weighted by Gasteiger charge is -2.27. The SMILES string of the molecule is CC(C)C(C)N(C)S(=O)(=O)c1cc(Cl)cc(CN)c1Cl. The van der Waals surface area contributed by atoms with Crippen molar-refractivity contribution in [2.45, 2.75) is 38.3 Å². The Bertz CT molecular complexity index is 588. The van der Waals surface area contributed by atoms with Crippen molar-refractivity contribution in [3.05, 3.63) is 27.7 Å². The number of hydrogen-bond donors (Lipinski definition) is 1. The second-order valence-corrected chi connectivity index (χ2v) is 7.87. The van der Waals surface area contributed by atoms with Gasteiger partial charge in [0.1, 0.15) is 4.90 Å². The van der Waals surface area contributed by atoms with Gasteiger partial charge in [0, 0.05) is 24.7 Å². The van der Waals surface area contributed by atoms with E-state index in [4.69, 9.17) is 28.9 Å². The van der Waals surface area contributed by atoms with Crippen LogP contribution in [0.4, 0.5) is 0 Å². The summed E-state index contributed by atoms with van der Waals surface area (Å²) in [6, 6.07) is 2.79. The van der Waals surface area contributed by atoms with Gasteiger partial charge in [-0.15, -0.1) is 0 Å².